The number of halogens is 1. The van der Waals surface area contributed by atoms with Crippen molar-refractivity contribution in [3.63, 3.8) is 0 Å². The molecule has 3 heteroatoms. The topological polar surface area (TPSA) is 15.3 Å². The molecule has 1 aliphatic carbocycles. The van der Waals surface area contributed by atoms with Gasteiger partial charge in [-0.05, 0) is 43.0 Å². The summed E-state index contributed by atoms with van der Waals surface area (Å²) in [4.78, 5) is 2.40. The van der Waals surface area contributed by atoms with Crippen LogP contribution in [0.15, 0.2) is 22.7 Å². The Kier molecular flexibility index (Phi) is 4.46. The van der Waals surface area contributed by atoms with Crippen molar-refractivity contribution in [1.29, 1.82) is 0 Å². The van der Waals surface area contributed by atoms with Crippen LogP contribution in [0.2, 0.25) is 0 Å². The van der Waals surface area contributed by atoms with E-state index in [1.54, 1.807) is 0 Å². The molecule has 0 aromatic heterocycles. The zero-order valence-electron chi connectivity index (χ0n) is 10.7. The molecule has 0 atom stereocenters. The van der Waals surface area contributed by atoms with Gasteiger partial charge in [0, 0.05) is 30.3 Å². The lowest BCUT2D eigenvalue weighted by molar-refractivity contribution is 0.718. The first-order valence-corrected chi connectivity index (χ1v) is 7.20. The molecule has 1 aliphatic rings. The molecule has 2 rings (SSSR count). The summed E-state index contributed by atoms with van der Waals surface area (Å²) in [5, 5.41) is 3.41. The average molecular weight is 297 g/mol. The predicted molar refractivity (Wildman–Crippen MR) is 77.5 cm³/mol. The molecule has 1 aromatic rings. The highest BCUT2D eigenvalue weighted by Crippen LogP contribution is 2.32. The Morgan fingerprint density at radius 2 is 2.18 bits per heavy atom. The largest absolute Gasteiger partial charge is 0.374 e. The summed E-state index contributed by atoms with van der Waals surface area (Å²) in [5.41, 5.74) is 2.74. The van der Waals surface area contributed by atoms with Crippen LogP contribution in [0.5, 0.6) is 0 Å². The maximum absolute atomic E-state index is 3.57. The third-order valence-corrected chi connectivity index (χ3v) is 3.75. The summed E-state index contributed by atoms with van der Waals surface area (Å²) in [5.74, 6) is 0.922. The Bertz CT molecular complexity index is 374. The van der Waals surface area contributed by atoms with Gasteiger partial charge in [0.25, 0.3) is 0 Å². The third kappa shape index (κ3) is 3.71. The quantitative estimate of drug-likeness (QED) is 0.865. The van der Waals surface area contributed by atoms with Crippen molar-refractivity contribution < 1.29 is 0 Å². The molecule has 0 heterocycles. The second-order valence-electron chi connectivity index (χ2n) is 4.88. The Morgan fingerprint density at radius 1 is 1.41 bits per heavy atom. The summed E-state index contributed by atoms with van der Waals surface area (Å²) in [6.07, 6.45) is 2.81. The van der Waals surface area contributed by atoms with Gasteiger partial charge in [-0.3, -0.25) is 0 Å². The van der Waals surface area contributed by atoms with Gasteiger partial charge in [-0.2, -0.15) is 0 Å². The molecule has 0 spiro atoms. The number of benzene rings is 1. The van der Waals surface area contributed by atoms with E-state index in [-0.39, 0.29) is 0 Å². The fourth-order valence-electron chi connectivity index (χ4n) is 2.09. The van der Waals surface area contributed by atoms with Gasteiger partial charge in [-0.15, -0.1) is 0 Å². The molecular formula is C14H21BrN2. The lowest BCUT2D eigenvalue weighted by Gasteiger charge is -2.23. The molecule has 0 radical (unpaired) electrons. The molecule has 1 saturated carbocycles. The Hall–Kier alpha value is -0.540. The molecule has 17 heavy (non-hydrogen) atoms. The summed E-state index contributed by atoms with van der Waals surface area (Å²) in [7, 11) is 2.20. The van der Waals surface area contributed by atoms with Crippen LogP contribution >= 0.6 is 15.9 Å². The molecule has 0 bridgehead atoms. The summed E-state index contributed by atoms with van der Waals surface area (Å²) < 4.78 is 1.16. The second kappa shape index (κ2) is 5.87. The highest BCUT2D eigenvalue weighted by Gasteiger charge is 2.23. The van der Waals surface area contributed by atoms with E-state index in [1.807, 2.05) is 0 Å². The van der Waals surface area contributed by atoms with Crippen LogP contribution in [0.4, 0.5) is 5.69 Å². The van der Waals surface area contributed by atoms with Gasteiger partial charge in [-0.1, -0.05) is 28.9 Å². The van der Waals surface area contributed by atoms with Crippen molar-refractivity contribution in [3.05, 3.63) is 28.2 Å². The van der Waals surface area contributed by atoms with Gasteiger partial charge >= 0.3 is 0 Å². The van der Waals surface area contributed by atoms with Crippen LogP contribution < -0.4 is 10.2 Å². The number of rotatable bonds is 6. The maximum Gasteiger partial charge on any atom is 0.0420 e. The normalized spacial score (nSPS) is 15.0. The zero-order valence-corrected chi connectivity index (χ0v) is 12.3. The molecule has 0 saturated heterocycles. The summed E-state index contributed by atoms with van der Waals surface area (Å²) in [6.45, 7) is 5.30. The predicted octanol–water partition coefficient (Wildman–Crippen LogP) is 3.40. The van der Waals surface area contributed by atoms with Crippen LogP contribution in [0.3, 0.4) is 0 Å². The van der Waals surface area contributed by atoms with Crippen LogP contribution in [0.1, 0.15) is 25.3 Å². The van der Waals surface area contributed by atoms with Gasteiger partial charge in [0.1, 0.15) is 0 Å². The van der Waals surface area contributed by atoms with Crippen molar-refractivity contribution in [2.24, 2.45) is 5.92 Å². The molecule has 1 fully saturated rings. The molecular weight excluding hydrogens is 276 g/mol. The number of nitrogens with one attached hydrogen (secondary N) is 1. The molecule has 94 valence electrons. The summed E-state index contributed by atoms with van der Waals surface area (Å²) >= 11 is 3.57. The van der Waals surface area contributed by atoms with E-state index in [1.165, 1.54) is 30.6 Å². The van der Waals surface area contributed by atoms with E-state index in [9.17, 15) is 0 Å². The van der Waals surface area contributed by atoms with Crippen LogP contribution in [0, 0.1) is 5.92 Å². The second-order valence-corrected chi connectivity index (χ2v) is 5.79. The molecule has 0 aliphatic heterocycles. The van der Waals surface area contributed by atoms with Gasteiger partial charge in [-0.25, -0.2) is 0 Å². The summed E-state index contributed by atoms with van der Waals surface area (Å²) in [6, 6.07) is 6.57. The average Bonchev–Trinajstić information content (AvgIpc) is 3.11. The van der Waals surface area contributed by atoms with E-state index < -0.39 is 0 Å². The van der Waals surface area contributed by atoms with Crippen molar-refractivity contribution in [3.8, 4) is 0 Å². The van der Waals surface area contributed by atoms with Gasteiger partial charge in [0.2, 0.25) is 0 Å². The molecule has 0 unspecified atom stereocenters. The first-order valence-electron chi connectivity index (χ1n) is 6.41. The van der Waals surface area contributed by atoms with Gasteiger partial charge in [0.05, 0.1) is 0 Å². The third-order valence-electron chi connectivity index (χ3n) is 3.25. The number of hydrogen-bond acceptors (Lipinski definition) is 2. The Balaban J connectivity index is 2.12. The maximum atomic E-state index is 3.57. The minimum absolute atomic E-state index is 0.922. The van der Waals surface area contributed by atoms with Gasteiger partial charge < -0.3 is 10.2 Å². The van der Waals surface area contributed by atoms with Crippen LogP contribution in [0.25, 0.3) is 0 Å². The monoisotopic (exact) mass is 296 g/mol. The lowest BCUT2D eigenvalue weighted by atomic mass is 10.1. The first kappa shape index (κ1) is 12.9. The molecule has 1 N–H and O–H groups in total. The van der Waals surface area contributed by atoms with Gasteiger partial charge in [0.15, 0.2) is 0 Å². The minimum Gasteiger partial charge on any atom is -0.374 e. The zero-order chi connectivity index (χ0) is 12.3. The SMILES string of the molecule is CCNCc1ccc(Br)cc1N(C)CC1CC1. The molecule has 2 nitrogen and oxygen atoms in total. The van der Waals surface area contributed by atoms with Crippen LogP contribution in [-0.4, -0.2) is 20.1 Å². The van der Waals surface area contributed by atoms with Crippen molar-refractivity contribution in [2.75, 3.05) is 25.0 Å². The number of anilines is 1. The Labute approximate surface area is 113 Å². The first-order chi connectivity index (χ1) is 8.20. The highest BCUT2D eigenvalue weighted by molar-refractivity contribution is 9.10. The van der Waals surface area contributed by atoms with E-state index in [2.05, 4.69) is 58.3 Å². The fraction of sp³-hybridized carbons (Fsp3) is 0.571. The van der Waals surface area contributed by atoms with Crippen molar-refractivity contribution >= 4 is 21.6 Å². The lowest BCUT2D eigenvalue weighted by Crippen LogP contribution is -2.23. The molecule has 1 aromatic carbocycles. The van der Waals surface area contributed by atoms with E-state index in [0.29, 0.717) is 0 Å². The Morgan fingerprint density at radius 3 is 2.82 bits per heavy atom. The number of nitrogens with zero attached hydrogens (tertiary/aromatic N) is 1. The number of hydrogen-bond donors (Lipinski definition) is 1. The van der Waals surface area contributed by atoms with Crippen molar-refractivity contribution in [2.45, 2.75) is 26.3 Å². The van der Waals surface area contributed by atoms with Crippen molar-refractivity contribution in [1.82, 2.24) is 5.32 Å². The highest BCUT2D eigenvalue weighted by atomic mass is 79.9. The minimum atomic E-state index is 0.922. The smallest absolute Gasteiger partial charge is 0.0420 e. The standard InChI is InChI=1S/C14H21BrN2/c1-3-16-9-12-6-7-13(15)8-14(12)17(2)10-11-4-5-11/h6-8,11,16H,3-5,9-10H2,1-2H3. The van der Waals surface area contributed by atoms with Crippen LogP contribution in [-0.2, 0) is 6.54 Å². The van der Waals surface area contributed by atoms with E-state index in [0.717, 1.165) is 23.5 Å². The fourth-order valence-corrected chi connectivity index (χ4v) is 2.44. The van der Waals surface area contributed by atoms with E-state index >= 15 is 0 Å². The van der Waals surface area contributed by atoms with E-state index in [4.69, 9.17) is 0 Å². The molecule has 0 amide bonds.